The van der Waals surface area contributed by atoms with Crippen molar-refractivity contribution in [1.29, 1.82) is 0 Å². The molecular formula is C7H14N4. The average molecular weight is 154 g/mol. The number of nitrogen functional groups attached to an aromatic ring is 1. The predicted octanol–water partition coefficient (Wildman–Crippen LogP) is 1.09. The van der Waals surface area contributed by atoms with Crippen LogP contribution in [0.1, 0.15) is 19.9 Å². The van der Waals surface area contributed by atoms with Crippen molar-refractivity contribution in [3.63, 3.8) is 0 Å². The van der Waals surface area contributed by atoms with Crippen molar-refractivity contribution >= 4 is 11.8 Å². The molecule has 1 aromatic rings. The molecule has 0 bridgehead atoms. The number of aromatic nitrogens is 2. The quantitative estimate of drug-likeness (QED) is 0.670. The van der Waals surface area contributed by atoms with Crippen LogP contribution in [0, 0.1) is 0 Å². The smallest absolute Gasteiger partial charge is 0.204 e. The lowest BCUT2D eigenvalue weighted by atomic mass is 10.4. The second kappa shape index (κ2) is 2.82. The van der Waals surface area contributed by atoms with Crippen molar-refractivity contribution in [3.05, 3.63) is 6.20 Å². The molecule has 62 valence electrons. The van der Waals surface area contributed by atoms with Crippen LogP contribution in [-0.2, 0) is 0 Å². The molecule has 11 heavy (non-hydrogen) atoms. The Hall–Kier alpha value is -1.19. The molecule has 1 aromatic heterocycles. The molecule has 0 saturated carbocycles. The molecule has 1 rings (SSSR count). The summed E-state index contributed by atoms with van der Waals surface area (Å²) in [5.74, 6) is 1.52. The minimum absolute atomic E-state index is 0.347. The fraction of sp³-hybridized carbons (Fsp3) is 0.571. The summed E-state index contributed by atoms with van der Waals surface area (Å²) in [6.07, 6.45) is 1.66. The summed E-state index contributed by atoms with van der Waals surface area (Å²) in [6, 6.07) is 0.347. The Kier molecular flexibility index (Phi) is 2.03. The van der Waals surface area contributed by atoms with Crippen LogP contribution in [0.2, 0.25) is 0 Å². The average Bonchev–Trinajstić information content (AvgIpc) is 2.30. The maximum atomic E-state index is 5.68. The minimum Gasteiger partial charge on any atom is -0.384 e. The fourth-order valence-corrected chi connectivity index (χ4v) is 1.10. The molecule has 0 aliphatic carbocycles. The number of nitrogens with two attached hydrogens (primary N) is 1. The molecule has 4 heteroatoms. The zero-order valence-corrected chi connectivity index (χ0v) is 7.13. The molecule has 0 aliphatic rings. The number of anilines is 2. The molecule has 0 aliphatic heterocycles. The second-order valence-corrected chi connectivity index (χ2v) is 2.72. The van der Waals surface area contributed by atoms with Crippen LogP contribution in [-0.4, -0.2) is 16.6 Å². The normalized spacial score (nSPS) is 10.5. The van der Waals surface area contributed by atoms with Gasteiger partial charge in [-0.15, -0.1) is 0 Å². The molecule has 3 N–H and O–H groups in total. The summed E-state index contributed by atoms with van der Waals surface area (Å²) in [7, 11) is 1.83. The number of imidazole rings is 1. The zero-order valence-electron chi connectivity index (χ0n) is 7.13. The van der Waals surface area contributed by atoms with Gasteiger partial charge in [0.2, 0.25) is 5.95 Å². The monoisotopic (exact) mass is 154 g/mol. The largest absolute Gasteiger partial charge is 0.384 e. The van der Waals surface area contributed by atoms with Crippen LogP contribution >= 0.6 is 0 Å². The molecular weight excluding hydrogens is 140 g/mol. The standard InChI is InChI=1S/C7H14N4/c1-5(2)11-6(8)4-10-7(11)9-3/h4-5H,8H2,1-3H3,(H,9,10). The van der Waals surface area contributed by atoms with Gasteiger partial charge in [-0.1, -0.05) is 0 Å². The molecule has 1 heterocycles. The third-order valence-electron chi connectivity index (χ3n) is 1.57. The summed E-state index contributed by atoms with van der Waals surface area (Å²) in [4.78, 5) is 4.08. The number of hydrogen-bond donors (Lipinski definition) is 2. The van der Waals surface area contributed by atoms with E-state index in [1.165, 1.54) is 0 Å². The van der Waals surface area contributed by atoms with E-state index in [1.54, 1.807) is 6.20 Å². The maximum absolute atomic E-state index is 5.68. The highest BCUT2D eigenvalue weighted by Gasteiger charge is 2.07. The van der Waals surface area contributed by atoms with E-state index < -0.39 is 0 Å². The van der Waals surface area contributed by atoms with Crippen LogP contribution in [0.15, 0.2) is 6.20 Å². The van der Waals surface area contributed by atoms with Gasteiger partial charge in [0.05, 0.1) is 6.20 Å². The Morgan fingerprint density at radius 2 is 2.27 bits per heavy atom. The number of hydrogen-bond acceptors (Lipinski definition) is 3. The molecule has 4 nitrogen and oxygen atoms in total. The van der Waals surface area contributed by atoms with Gasteiger partial charge in [0, 0.05) is 13.1 Å². The van der Waals surface area contributed by atoms with Gasteiger partial charge in [0.1, 0.15) is 5.82 Å². The molecule has 0 unspecified atom stereocenters. The third kappa shape index (κ3) is 1.29. The molecule has 0 atom stereocenters. The van der Waals surface area contributed by atoms with E-state index in [9.17, 15) is 0 Å². The van der Waals surface area contributed by atoms with Crippen molar-refractivity contribution < 1.29 is 0 Å². The highest BCUT2D eigenvalue weighted by atomic mass is 15.2. The van der Waals surface area contributed by atoms with Crippen molar-refractivity contribution in [2.24, 2.45) is 0 Å². The Morgan fingerprint density at radius 3 is 2.64 bits per heavy atom. The Morgan fingerprint density at radius 1 is 1.64 bits per heavy atom. The number of nitrogens with one attached hydrogen (secondary N) is 1. The van der Waals surface area contributed by atoms with E-state index in [2.05, 4.69) is 24.1 Å². The highest BCUT2D eigenvalue weighted by molar-refractivity contribution is 5.40. The topological polar surface area (TPSA) is 55.9 Å². The Balaban J connectivity index is 3.07. The van der Waals surface area contributed by atoms with Crippen LogP contribution in [0.5, 0.6) is 0 Å². The van der Waals surface area contributed by atoms with Crippen molar-refractivity contribution in [1.82, 2.24) is 9.55 Å². The summed E-state index contributed by atoms with van der Waals surface area (Å²) < 4.78 is 1.94. The first-order chi connectivity index (χ1) is 5.16. The molecule has 0 radical (unpaired) electrons. The van der Waals surface area contributed by atoms with Gasteiger partial charge in [-0.3, -0.25) is 4.57 Å². The molecule has 0 saturated heterocycles. The van der Waals surface area contributed by atoms with Crippen molar-refractivity contribution in [3.8, 4) is 0 Å². The van der Waals surface area contributed by atoms with Gasteiger partial charge in [-0.2, -0.15) is 0 Å². The molecule has 0 aromatic carbocycles. The van der Waals surface area contributed by atoms with Crippen molar-refractivity contribution in [2.45, 2.75) is 19.9 Å². The predicted molar refractivity (Wildman–Crippen MR) is 46.6 cm³/mol. The number of rotatable bonds is 2. The summed E-state index contributed by atoms with van der Waals surface area (Å²) >= 11 is 0. The van der Waals surface area contributed by atoms with E-state index in [4.69, 9.17) is 5.73 Å². The maximum Gasteiger partial charge on any atom is 0.204 e. The molecule has 0 fully saturated rings. The lowest BCUT2D eigenvalue weighted by molar-refractivity contribution is 0.614. The SMILES string of the molecule is CNc1ncc(N)n1C(C)C. The third-order valence-corrected chi connectivity index (χ3v) is 1.57. The lowest BCUT2D eigenvalue weighted by Crippen LogP contribution is -2.08. The molecule has 0 amide bonds. The Bertz CT molecular complexity index is 239. The first-order valence-electron chi connectivity index (χ1n) is 3.67. The van der Waals surface area contributed by atoms with Gasteiger partial charge in [-0.25, -0.2) is 4.98 Å². The highest BCUT2D eigenvalue weighted by Crippen LogP contribution is 2.18. The second-order valence-electron chi connectivity index (χ2n) is 2.72. The Labute approximate surface area is 66.4 Å². The zero-order chi connectivity index (χ0) is 8.43. The van der Waals surface area contributed by atoms with Gasteiger partial charge < -0.3 is 11.1 Å². The first kappa shape index (κ1) is 7.91. The van der Waals surface area contributed by atoms with Crippen LogP contribution in [0.3, 0.4) is 0 Å². The van der Waals surface area contributed by atoms with Crippen LogP contribution < -0.4 is 11.1 Å². The van der Waals surface area contributed by atoms with E-state index in [0.29, 0.717) is 11.9 Å². The van der Waals surface area contributed by atoms with E-state index in [1.807, 2.05) is 11.6 Å². The van der Waals surface area contributed by atoms with E-state index in [-0.39, 0.29) is 0 Å². The van der Waals surface area contributed by atoms with Gasteiger partial charge >= 0.3 is 0 Å². The summed E-state index contributed by atoms with van der Waals surface area (Å²) in [5, 5.41) is 2.97. The van der Waals surface area contributed by atoms with Crippen molar-refractivity contribution in [2.75, 3.05) is 18.1 Å². The molecule has 0 spiro atoms. The fourth-order valence-electron chi connectivity index (χ4n) is 1.10. The van der Waals surface area contributed by atoms with Gasteiger partial charge in [-0.05, 0) is 13.8 Å². The minimum atomic E-state index is 0.347. The summed E-state index contributed by atoms with van der Waals surface area (Å²) in [6.45, 7) is 4.14. The van der Waals surface area contributed by atoms with Gasteiger partial charge in [0.15, 0.2) is 0 Å². The van der Waals surface area contributed by atoms with Crippen LogP contribution in [0.25, 0.3) is 0 Å². The van der Waals surface area contributed by atoms with Crippen LogP contribution in [0.4, 0.5) is 11.8 Å². The lowest BCUT2D eigenvalue weighted by Gasteiger charge is -2.12. The number of nitrogens with zero attached hydrogens (tertiary/aromatic N) is 2. The van der Waals surface area contributed by atoms with E-state index >= 15 is 0 Å². The van der Waals surface area contributed by atoms with Gasteiger partial charge in [0.25, 0.3) is 0 Å². The van der Waals surface area contributed by atoms with E-state index in [0.717, 1.165) is 5.95 Å². The summed E-state index contributed by atoms with van der Waals surface area (Å²) in [5.41, 5.74) is 5.68. The first-order valence-corrected chi connectivity index (χ1v) is 3.67.